The molecule has 0 N–H and O–H groups in total. The maximum Gasteiger partial charge on any atom is 0.332 e. The molecule has 6 nitrogen and oxygen atoms in total. The lowest BCUT2D eigenvalue weighted by Crippen LogP contribution is -2.37. The van der Waals surface area contributed by atoms with E-state index in [1.807, 2.05) is 19.9 Å². The van der Waals surface area contributed by atoms with Gasteiger partial charge in [0.25, 0.3) is 5.56 Å². The minimum absolute atomic E-state index is 0.335. The molecule has 0 unspecified atom stereocenters. The lowest BCUT2D eigenvalue weighted by Gasteiger charge is -2.05. The summed E-state index contributed by atoms with van der Waals surface area (Å²) < 4.78 is 4.76. The standard InChI is InChI=1S/C12H15BrN4O2/c1-7(2)5-6-17-8-9(14-11(17)13)15(3)12(19)16(4)10(8)18/h5H,6H2,1-4H3. The van der Waals surface area contributed by atoms with E-state index in [1.165, 1.54) is 11.6 Å². The van der Waals surface area contributed by atoms with Gasteiger partial charge in [0.15, 0.2) is 15.9 Å². The van der Waals surface area contributed by atoms with Gasteiger partial charge in [-0.3, -0.25) is 13.9 Å². The summed E-state index contributed by atoms with van der Waals surface area (Å²) in [6.45, 7) is 4.51. The van der Waals surface area contributed by atoms with Crippen LogP contribution in [-0.2, 0) is 20.6 Å². The van der Waals surface area contributed by atoms with Gasteiger partial charge in [0.05, 0.1) is 0 Å². The Kier molecular flexibility index (Phi) is 3.49. The van der Waals surface area contributed by atoms with Gasteiger partial charge >= 0.3 is 5.69 Å². The molecule has 0 radical (unpaired) electrons. The van der Waals surface area contributed by atoms with Crippen LogP contribution in [0.3, 0.4) is 0 Å². The molecule has 0 aromatic carbocycles. The van der Waals surface area contributed by atoms with E-state index in [1.54, 1.807) is 11.6 Å². The Labute approximate surface area is 118 Å². The average molecular weight is 327 g/mol. The van der Waals surface area contributed by atoms with Crippen LogP contribution in [0.2, 0.25) is 0 Å². The normalized spacial score (nSPS) is 11.0. The van der Waals surface area contributed by atoms with E-state index in [9.17, 15) is 9.59 Å². The number of rotatable bonds is 2. The lowest BCUT2D eigenvalue weighted by atomic mass is 10.3. The Morgan fingerprint density at radius 3 is 2.47 bits per heavy atom. The van der Waals surface area contributed by atoms with Gasteiger partial charge in [0.1, 0.15) is 0 Å². The molecule has 0 amide bonds. The zero-order chi connectivity index (χ0) is 14.3. The summed E-state index contributed by atoms with van der Waals surface area (Å²) in [6, 6.07) is 0. The van der Waals surface area contributed by atoms with Crippen LogP contribution in [0, 0.1) is 0 Å². The van der Waals surface area contributed by atoms with Crippen LogP contribution in [0.4, 0.5) is 0 Å². The first kappa shape index (κ1) is 13.8. The maximum absolute atomic E-state index is 12.2. The van der Waals surface area contributed by atoms with Crippen molar-refractivity contribution >= 4 is 27.1 Å². The molecule has 0 fully saturated rings. The summed E-state index contributed by atoms with van der Waals surface area (Å²) in [5, 5.41) is 0. The second-order valence-electron chi connectivity index (χ2n) is 4.65. The van der Waals surface area contributed by atoms with Gasteiger partial charge in [-0.2, -0.15) is 0 Å². The minimum Gasteiger partial charge on any atom is -0.309 e. The number of fused-ring (bicyclic) bond motifs is 1. The maximum atomic E-state index is 12.2. The Bertz CT molecular complexity index is 791. The van der Waals surface area contributed by atoms with Gasteiger partial charge < -0.3 is 4.57 Å². The highest BCUT2D eigenvalue weighted by Gasteiger charge is 2.16. The molecule has 0 saturated carbocycles. The van der Waals surface area contributed by atoms with Crippen molar-refractivity contribution in [1.82, 2.24) is 18.7 Å². The molecule has 0 spiro atoms. The van der Waals surface area contributed by atoms with Crippen molar-refractivity contribution in [2.75, 3.05) is 0 Å². The predicted octanol–water partition coefficient (Wildman–Crippen LogP) is 1.16. The minimum atomic E-state index is -0.378. The smallest absolute Gasteiger partial charge is 0.309 e. The largest absolute Gasteiger partial charge is 0.332 e. The molecule has 2 rings (SSSR count). The third kappa shape index (κ3) is 2.18. The number of aromatic nitrogens is 4. The van der Waals surface area contributed by atoms with E-state index in [2.05, 4.69) is 20.9 Å². The fourth-order valence-electron chi connectivity index (χ4n) is 1.86. The number of allylic oxidation sites excluding steroid dienone is 2. The highest BCUT2D eigenvalue weighted by molar-refractivity contribution is 9.10. The molecule has 2 aromatic rings. The number of nitrogens with zero attached hydrogens (tertiary/aromatic N) is 4. The number of imidazole rings is 1. The van der Waals surface area contributed by atoms with Gasteiger partial charge in [-0.05, 0) is 29.8 Å². The number of hydrogen-bond acceptors (Lipinski definition) is 3. The fourth-order valence-corrected chi connectivity index (χ4v) is 2.35. The van der Waals surface area contributed by atoms with Gasteiger partial charge in [-0.25, -0.2) is 9.78 Å². The third-order valence-corrected chi connectivity index (χ3v) is 3.59. The second-order valence-corrected chi connectivity index (χ2v) is 5.36. The monoisotopic (exact) mass is 326 g/mol. The van der Waals surface area contributed by atoms with Gasteiger partial charge in [-0.15, -0.1) is 0 Å². The Hall–Kier alpha value is -1.63. The van der Waals surface area contributed by atoms with Crippen LogP contribution in [0.15, 0.2) is 26.0 Å². The van der Waals surface area contributed by atoms with Crippen molar-refractivity contribution in [2.45, 2.75) is 20.4 Å². The molecule has 0 aliphatic heterocycles. The summed E-state index contributed by atoms with van der Waals surface area (Å²) in [4.78, 5) is 28.3. The van der Waals surface area contributed by atoms with Crippen LogP contribution in [-0.4, -0.2) is 18.7 Å². The molecule has 0 bridgehead atoms. The van der Waals surface area contributed by atoms with Crippen LogP contribution < -0.4 is 11.2 Å². The van der Waals surface area contributed by atoms with Crippen molar-refractivity contribution in [2.24, 2.45) is 14.1 Å². The third-order valence-electron chi connectivity index (χ3n) is 2.98. The molecule has 19 heavy (non-hydrogen) atoms. The quantitative estimate of drug-likeness (QED) is 0.614. The second kappa shape index (κ2) is 4.80. The molecule has 2 aromatic heterocycles. The van der Waals surface area contributed by atoms with Crippen molar-refractivity contribution in [3.05, 3.63) is 37.2 Å². The van der Waals surface area contributed by atoms with Crippen molar-refractivity contribution < 1.29 is 0 Å². The molecule has 0 aliphatic rings. The Balaban J connectivity index is 2.87. The highest BCUT2D eigenvalue weighted by Crippen LogP contribution is 2.16. The lowest BCUT2D eigenvalue weighted by molar-refractivity contribution is 0.703. The van der Waals surface area contributed by atoms with Crippen molar-refractivity contribution in [3.63, 3.8) is 0 Å². The molecular weight excluding hydrogens is 312 g/mol. The summed E-state index contributed by atoms with van der Waals surface area (Å²) in [5.74, 6) is 0. The first-order valence-corrected chi connectivity index (χ1v) is 6.59. The molecule has 2 heterocycles. The molecule has 102 valence electrons. The molecule has 7 heteroatoms. The van der Waals surface area contributed by atoms with Crippen LogP contribution >= 0.6 is 15.9 Å². The summed E-state index contributed by atoms with van der Waals surface area (Å²) in [7, 11) is 3.07. The topological polar surface area (TPSA) is 61.8 Å². The summed E-state index contributed by atoms with van der Waals surface area (Å²) >= 11 is 3.34. The van der Waals surface area contributed by atoms with Crippen molar-refractivity contribution in [1.29, 1.82) is 0 Å². The van der Waals surface area contributed by atoms with E-state index in [0.29, 0.717) is 22.4 Å². The van der Waals surface area contributed by atoms with E-state index >= 15 is 0 Å². The molecule has 0 aliphatic carbocycles. The first-order chi connectivity index (χ1) is 8.84. The Morgan fingerprint density at radius 1 is 1.26 bits per heavy atom. The summed E-state index contributed by atoms with van der Waals surface area (Å²) in [6.07, 6.45) is 2.00. The van der Waals surface area contributed by atoms with Crippen LogP contribution in [0.1, 0.15) is 13.8 Å². The number of aryl methyl sites for hydroxylation is 1. The molecule has 0 atom stereocenters. The zero-order valence-electron chi connectivity index (χ0n) is 11.3. The zero-order valence-corrected chi connectivity index (χ0v) is 12.9. The average Bonchev–Trinajstić information content (AvgIpc) is 2.68. The Morgan fingerprint density at radius 2 is 1.89 bits per heavy atom. The first-order valence-electron chi connectivity index (χ1n) is 5.79. The number of hydrogen-bond donors (Lipinski definition) is 0. The van der Waals surface area contributed by atoms with Gasteiger partial charge in [0, 0.05) is 20.6 Å². The fraction of sp³-hybridized carbons (Fsp3) is 0.417. The molecular formula is C12H15BrN4O2. The van der Waals surface area contributed by atoms with Crippen LogP contribution in [0.5, 0.6) is 0 Å². The van der Waals surface area contributed by atoms with Crippen molar-refractivity contribution in [3.8, 4) is 0 Å². The van der Waals surface area contributed by atoms with Crippen LogP contribution in [0.25, 0.3) is 11.2 Å². The van der Waals surface area contributed by atoms with E-state index < -0.39 is 0 Å². The van der Waals surface area contributed by atoms with E-state index in [-0.39, 0.29) is 11.2 Å². The number of halogens is 1. The van der Waals surface area contributed by atoms with E-state index in [4.69, 9.17) is 0 Å². The van der Waals surface area contributed by atoms with Gasteiger partial charge in [-0.1, -0.05) is 11.6 Å². The van der Waals surface area contributed by atoms with Gasteiger partial charge in [0.2, 0.25) is 0 Å². The predicted molar refractivity (Wildman–Crippen MR) is 77.3 cm³/mol. The van der Waals surface area contributed by atoms with E-state index in [0.717, 1.165) is 10.1 Å². The molecule has 0 saturated heterocycles. The summed E-state index contributed by atoms with van der Waals surface area (Å²) in [5.41, 5.74) is 1.25. The highest BCUT2D eigenvalue weighted by atomic mass is 79.9. The SMILES string of the molecule is CC(C)=CCn1c(Br)nc2c1c(=O)n(C)c(=O)n2C.